The van der Waals surface area contributed by atoms with Crippen molar-refractivity contribution >= 4 is 28.1 Å². The summed E-state index contributed by atoms with van der Waals surface area (Å²) < 4.78 is 38.4. The highest BCUT2D eigenvalue weighted by molar-refractivity contribution is 7.92. The normalized spacial score (nSPS) is 17.7. The van der Waals surface area contributed by atoms with Gasteiger partial charge in [-0.3, -0.25) is 4.31 Å². The van der Waals surface area contributed by atoms with Gasteiger partial charge in [-0.05, 0) is 25.0 Å². The van der Waals surface area contributed by atoms with Crippen LogP contribution < -0.4 is 4.31 Å². The fourth-order valence-electron chi connectivity index (χ4n) is 1.90. The zero-order valence-corrected chi connectivity index (χ0v) is 11.1. The second-order valence-corrected chi connectivity index (χ2v) is 5.86. The average molecular weight is 291 g/mol. The molecule has 0 amide bonds. The van der Waals surface area contributed by atoms with E-state index < -0.39 is 15.8 Å². The lowest BCUT2D eigenvalue weighted by molar-refractivity contribution is 0.568. The Kier molecular flexibility index (Phi) is 4.54. The number of halogens is 2. The molecule has 0 N–H and O–H groups in total. The Morgan fingerprint density at radius 3 is 2.67 bits per heavy atom. The van der Waals surface area contributed by atoms with Crippen LogP contribution in [0.5, 0.6) is 0 Å². The van der Waals surface area contributed by atoms with Gasteiger partial charge in [0, 0.05) is 6.54 Å². The molecule has 0 bridgehead atoms. The third-order valence-corrected chi connectivity index (χ3v) is 4.55. The highest BCUT2D eigenvalue weighted by Crippen LogP contribution is 2.29. The molecular weight excluding hydrogens is 279 g/mol. The Hall–Kier alpha value is -1.32. The molecule has 18 heavy (non-hydrogen) atoms. The van der Waals surface area contributed by atoms with E-state index in [1.807, 2.05) is 6.07 Å². The van der Waals surface area contributed by atoms with Gasteiger partial charge in [-0.25, -0.2) is 12.8 Å². The van der Waals surface area contributed by atoms with E-state index in [4.69, 9.17) is 5.26 Å². The van der Waals surface area contributed by atoms with Crippen molar-refractivity contribution in [1.29, 1.82) is 5.26 Å². The van der Waals surface area contributed by atoms with E-state index in [1.165, 1.54) is 18.2 Å². The Morgan fingerprint density at radius 2 is 2.06 bits per heavy atom. The second kappa shape index (κ2) is 5.55. The molecule has 1 aliphatic rings. The maximum absolute atomic E-state index is 13.7. The average Bonchev–Trinajstić information content (AvgIpc) is 2.29. The van der Waals surface area contributed by atoms with Gasteiger partial charge in [-0.2, -0.15) is 5.26 Å². The van der Waals surface area contributed by atoms with Crippen LogP contribution in [-0.4, -0.2) is 20.7 Å². The van der Waals surface area contributed by atoms with Gasteiger partial charge in [0.05, 0.1) is 11.3 Å². The largest absolute Gasteiger partial charge is 0.266 e. The van der Waals surface area contributed by atoms with Gasteiger partial charge in [-0.1, -0.05) is 6.07 Å². The number of anilines is 1. The highest BCUT2D eigenvalue weighted by atomic mass is 35.5. The van der Waals surface area contributed by atoms with Crippen molar-refractivity contribution in [1.82, 2.24) is 0 Å². The Morgan fingerprint density at radius 1 is 1.33 bits per heavy atom. The molecule has 0 saturated carbocycles. The van der Waals surface area contributed by atoms with Gasteiger partial charge >= 0.3 is 0 Å². The van der Waals surface area contributed by atoms with Crippen LogP contribution in [0.2, 0.25) is 0 Å². The van der Waals surface area contributed by atoms with E-state index in [-0.39, 0.29) is 36.0 Å². The smallest absolute Gasteiger partial charge is 0.235 e. The van der Waals surface area contributed by atoms with Crippen LogP contribution in [0, 0.1) is 17.1 Å². The summed E-state index contributed by atoms with van der Waals surface area (Å²) in [6, 6.07) is 5.81. The maximum Gasteiger partial charge on any atom is 0.235 e. The SMILES string of the molecule is Cl.N#Cc1cccc(F)c1N1CCCCS1(=O)=O. The standard InChI is InChI=1S/C11H11FN2O2S.ClH/c12-10-5-3-4-9(8-13)11(10)14-6-1-2-7-17(14,15)16;/h3-5H,1-2,6-7H2;1H. The van der Waals surface area contributed by atoms with E-state index in [2.05, 4.69) is 0 Å². The van der Waals surface area contributed by atoms with E-state index in [1.54, 1.807) is 0 Å². The molecule has 0 aliphatic carbocycles. The first kappa shape index (κ1) is 14.7. The number of benzene rings is 1. The van der Waals surface area contributed by atoms with Gasteiger partial charge in [-0.15, -0.1) is 12.4 Å². The summed E-state index contributed by atoms with van der Waals surface area (Å²) in [7, 11) is -3.49. The summed E-state index contributed by atoms with van der Waals surface area (Å²) in [5, 5.41) is 8.91. The number of nitrogens with zero attached hydrogens (tertiary/aromatic N) is 2. The first-order chi connectivity index (χ1) is 8.06. The third kappa shape index (κ3) is 2.57. The van der Waals surface area contributed by atoms with E-state index in [0.717, 1.165) is 4.31 Å². The predicted octanol–water partition coefficient (Wildman–Crippen LogP) is 2.05. The van der Waals surface area contributed by atoms with Crippen LogP contribution in [-0.2, 0) is 10.0 Å². The molecule has 1 aliphatic heterocycles. The molecule has 0 radical (unpaired) electrons. The number of hydrogen-bond acceptors (Lipinski definition) is 3. The molecule has 4 nitrogen and oxygen atoms in total. The summed E-state index contributed by atoms with van der Waals surface area (Å²) in [6.07, 6.45) is 1.26. The second-order valence-electron chi connectivity index (χ2n) is 3.84. The van der Waals surface area contributed by atoms with Gasteiger partial charge in [0.2, 0.25) is 10.0 Å². The molecular formula is C11H12ClFN2O2S. The van der Waals surface area contributed by atoms with Crippen molar-refractivity contribution in [2.75, 3.05) is 16.6 Å². The molecule has 1 aromatic carbocycles. The minimum absolute atomic E-state index is 0. The molecule has 1 heterocycles. The fraction of sp³-hybridized carbons (Fsp3) is 0.364. The van der Waals surface area contributed by atoms with Crippen LogP contribution in [0.4, 0.5) is 10.1 Å². The topological polar surface area (TPSA) is 61.2 Å². The predicted molar refractivity (Wildman–Crippen MR) is 68.7 cm³/mol. The summed E-state index contributed by atoms with van der Waals surface area (Å²) in [6.45, 7) is 0.234. The molecule has 0 aromatic heterocycles. The summed E-state index contributed by atoms with van der Waals surface area (Å²) >= 11 is 0. The van der Waals surface area contributed by atoms with Gasteiger partial charge in [0.1, 0.15) is 17.6 Å². The lowest BCUT2D eigenvalue weighted by Gasteiger charge is -2.29. The van der Waals surface area contributed by atoms with Crippen molar-refractivity contribution in [3.63, 3.8) is 0 Å². The Labute approximate surface area is 111 Å². The van der Waals surface area contributed by atoms with Crippen molar-refractivity contribution < 1.29 is 12.8 Å². The molecule has 1 saturated heterocycles. The monoisotopic (exact) mass is 290 g/mol. The Bertz CT molecular complexity index is 583. The van der Waals surface area contributed by atoms with Crippen LogP contribution in [0.1, 0.15) is 18.4 Å². The summed E-state index contributed by atoms with van der Waals surface area (Å²) in [5.74, 6) is -0.666. The molecule has 2 rings (SSSR count). The van der Waals surface area contributed by atoms with Gasteiger partial charge in [0.25, 0.3) is 0 Å². The van der Waals surface area contributed by atoms with Crippen molar-refractivity contribution in [2.24, 2.45) is 0 Å². The van der Waals surface area contributed by atoms with E-state index in [9.17, 15) is 12.8 Å². The van der Waals surface area contributed by atoms with Crippen LogP contribution in [0.3, 0.4) is 0 Å². The lowest BCUT2D eigenvalue weighted by atomic mass is 10.2. The van der Waals surface area contributed by atoms with Gasteiger partial charge in [0.15, 0.2) is 0 Å². The van der Waals surface area contributed by atoms with Gasteiger partial charge < -0.3 is 0 Å². The number of rotatable bonds is 1. The van der Waals surface area contributed by atoms with Crippen molar-refractivity contribution in [3.05, 3.63) is 29.6 Å². The minimum Gasteiger partial charge on any atom is -0.266 e. The van der Waals surface area contributed by atoms with Crippen molar-refractivity contribution in [3.8, 4) is 6.07 Å². The van der Waals surface area contributed by atoms with Crippen LogP contribution in [0.25, 0.3) is 0 Å². The lowest BCUT2D eigenvalue weighted by Crippen LogP contribution is -2.38. The first-order valence-electron chi connectivity index (χ1n) is 5.25. The third-order valence-electron chi connectivity index (χ3n) is 2.71. The fourth-order valence-corrected chi connectivity index (χ4v) is 3.56. The number of para-hydroxylation sites is 1. The van der Waals surface area contributed by atoms with Crippen LogP contribution >= 0.6 is 12.4 Å². The first-order valence-corrected chi connectivity index (χ1v) is 6.86. The van der Waals surface area contributed by atoms with E-state index in [0.29, 0.717) is 12.8 Å². The molecule has 0 atom stereocenters. The number of hydrogen-bond donors (Lipinski definition) is 0. The molecule has 1 fully saturated rings. The van der Waals surface area contributed by atoms with E-state index >= 15 is 0 Å². The quantitative estimate of drug-likeness (QED) is 0.795. The molecule has 1 aromatic rings. The highest BCUT2D eigenvalue weighted by Gasteiger charge is 2.29. The molecule has 0 spiro atoms. The Balaban J connectivity index is 0.00000162. The minimum atomic E-state index is -3.49. The molecule has 7 heteroatoms. The maximum atomic E-state index is 13.7. The molecule has 98 valence electrons. The zero-order valence-electron chi connectivity index (χ0n) is 9.47. The van der Waals surface area contributed by atoms with Crippen molar-refractivity contribution in [2.45, 2.75) is 12.8 Å². The number of nitriles is 1. The molecule has 0 unspecified atom stereocenters. The summed E-state index contributed by atoms with van der Waals surface area (Å²) in [4.78, 5) is 0. The van der Waals surface area contributed by atoms with Crippen LogP contribution in [0.15, 0.2) is 18.2 Å². The summed E-state index contributed by atoms with van der Waals surface area (Å²) in [5.41, 5.74) is -0.0647. The number of sulfonamides is 1. The zero-order chi connectivity index (χ0) is 12.5.